The lowest BCUT2D eigenvalue weighted by molar-refractivity contribution is -0.145. The van der Waals surface area contributed by atoms with Crippen molar-refractivity contribution in [3.8, 4) is 0 Å². The molecule has 1 rings (SSSR count). The van der Waals surface area contributed by atoms with Crippen molar-refractivity contribution in [1.29, 1.82) is 0 Å². The second-order valence-electron chi connectivity index (χ2n) is 7.80. The fourth-order valence-corrected chi connectivity index (χ4v) is 3.67. The Kier molecular flexibility index (Phi) is 10.8. The molecule has 31 heavy (non-hydrogen) atoms. The zero-order chi connectivity index (χ0) is 23.7. The van der Waals surface area contributed by atoms with E-state index in [1.54, 1.807) is 20.1 Å². The molecule has 0 radical (unpaired) electrons. The summed E-state index contributed by atoms with van der Waals surface area (Å²) in [4.78, 5) is 61.9. The van der Waals surface area contributed by atoms with Crippen molar-refractivity contribution in [2.75, 3.05) is 18.6 Å². The molecule has 4 unspecified atom stereocenters. The summed E-state index contributed by atoms with van der Waals surface area (Å²) in [5.74, 6) is -4.19. The summed E-state index contributed by atoms with van der Waals surface area (Å²) in [5, 5.41) is 23.1. The maximum absolute atomic E-state index is 12.8. The highest BCUT2D eigenvalue weighted by Gasteiger charge is 2.38. The summed E-state index contributed by atoms with van der Waals surface area (Å²) in [6, 6.07) is -4.33. The van der Waals surface area contributed by atoms with Gasteiger partial charge in [-0.2, -0.15) is 11.8 Å². The van der Waals surface area contributed by atoms with E-state index in [9.17, 15) is 29.1 Å². The Morgan fingerprint density at radius 3 is 2.29 bits per heavy atom. The maximum Gasteiger partial charge on any atom is 0.326 e. The van der Waals surface area contributed by atoms with E-state index in [4.69, 9.17) is 10.8 Å². The van der Waals surface area contributed by atoms with Gasteiger partial charge in [-0.15, -0.1) is 0 Å². The quantitative estimate of drug-likeness (QED) is 0.250. The van der Waals surface area contributed by atoms with Crippen molar-refractivity contribution >= 4 is 41.4 Å². The summed E-state index contributed by atoms with van der Waals surface area (Å²) < 4.78 is 0. The molecule has 12 heteroatoms. The second kappa shape index (κ2) is 12.5. The van der Waals surface area contributed by atoms with Crippen LogP contribution in [0.4, 0.5) is 0 Å². The molecule has 1 aliphatic rings. The normalized spacial score (nSPS) is 18.9. The van der Waals surface area contributed by atoms with E-state index in [-0.39, 0.29) is 18.2 Å². The SMILES string of the molecule is CSCCC(NC(=O)C(CC(=O)O)NC(=O)C1CCCN1C(=O)C(N)C(C)C)C(=O)O. The molecular weight excluding hydrogens is 428 g/mol. The number of carboxylic acid groups (broad SMARTS) is 2. The minimum atomic E-state index is -1.47. The predicted molar refractivity (Wildman–Crippen MR) is 114 cm³/mol. The zero-order valence-corrected chi connectivity index (χ0v) is 18.8. The van der Waals surface area contributed by atoms with Gasteiger partial charge in [0.05, 0.1) is 12.5 Å². The van der Waals surface area contributed by atoms with Crippen LogP contribution >= 0.6 is 11.8 Å². The van der Waals surface area contributed by atoms with Gasteiger partial charge in [0.15, 0.2) is 0 Å². The molecule has 0 spiro atoms. The lowest BCUT2D eigenvalue weighted by Crippen LogP contribution is -2.57. The van der Waals surface area contributed by atoms with Crippen LogP contribution < -0.4 is 16.4 Å². The molecular formula is C19H32N4O7S. The van der Waals surface area contributed by atoms with E-state index in [0.29, 0.717) is 25.1 Å². The highest BCUT2D eigenvalue weighted by atomic mass is 32.2. The van der Waals surface area contributed by atoms with E-state index in [1.165, 1.54) is 16.7 Å². The lowest BCUT2D eigenvalue weighted by atomic mass is 10.0. The molecule has 1 fully saturated rings. The number of hydrogen-bond acceptors (Lipinski definition) is 7. The summed E-state index contributed by atoms with van der Waals surface area (Å²) in [7, 11) is 0. The maximum atomic E-state index is 12.8. The number of rotatable bonds is 12. The van der Waals surface area contributed by atoms with Crippen molar-refractivity contribution in [2.24, 2.45) is 11.7 Å². The Hall–Kier alpha value is -2.34. The molecule has 1 heterocycles. The zero-order valence-electron chi connectivity index (χ0n) is 18.0. The molecule has 4 atom stereocenters. The van der Waals surface area contributed by atoms with Gasteiger partial charge in [0.25, 0.3) is 0 Å². The Labute approximate surface area is 185 Å². The van der Waals surface area contributed by atoms with E-state index in [0.717, 1.165) is 0 Å². The van der Waals surface area contributed by atoms with Crippen LogP contribution in [0.3, 0.4) is 0 Å². The number of aliphatic carboxylic acids is 2. The smallest absolute Gasteiger partial charge is 0.326 e. The fourth-order valence-electron chi connectivity index (χ4n) is 3.20. The van der Waals surface area contributed by atoms with Gasteiger partial charge in [-0.05, 0) is 37.2 Å². The van der Waals surface area contributed by atoms with E-state index in [2.05, 4.69) is 10.6 Å². The summed E-state index contributed by atoms with van der Waals surface area (Å²) >= 11 is 1.40. The second-order valence-corrected chi connectivity index (χ2v) is 8.78. The Morgan fingerprint density at radius 2 is 1.77 bits per heavy atom. The molecule has 0 aromatic rings. The van der Waals surface area contributed by atoms with Gasteiger partial charge in [-0.25, -0.2) is 4.79 Å². The molecule has 0 aromatic heterocycles. The van der Waals surface area contributed by atoms with Crippen LogP contribution in [-0.2, 0) is 24.0 Å². The molecule has 0 bridgehead atoms. The number of nitrogens with one attached hydrogen (secondary N) is 2. The van der Waals surface area contributed by atoms with Crippen molar-refractivity contribution in [2.45, 2.75) is 63.7 Å². The third kappa shape index (κ3) is 8.02. The van der Waals surface area contributed by atoms with Gasteiger partial charge < -0.3 is 31.5 Å². The first-order valence-electron chi connectivity index (χ1n) is 10.1. The van der Waals surface area contributed by atoms with Crippen LogP contribution in [0.25, 0.3) is 0 Å². The van der Waals surface area contributed by atoms with Crippen molar-refractivity contribution in [3.63, 3.8) is 0 Å². The first-order valence-corrected chi connectivity index (χ1v) is 11.5. The van der Waals surface area contributed by atoms with E-state index < -0.39 is 54.3 Å². The third-order valence-electron chi connectivity index (χ3n) is 5.08. The third-order valence-corrected chi connectivity index (χ3v) is 5.72. The van der Waals surface area contributed by atoms with Gasteiger partial charge in [0.1, 0.15) is 18.1 Å². The summed E-state index contributed by atoms with van der Waals surface area (Å²) in [6.07, 6.45) is 2.14. The number of likely N-dealkylation sites (tertiary alicyclic amines) is 1. The largest absolute Gasteiger partial charge is 0.481 e. The molecule has 176 valence electrons. The predicted octanol–water partition coefficient (Wildman–Crippen LogP) is -0.757. The minimum Gasteiger partial charge on any atom is -0.481 e. The lowest BCUT2D eigenvalue weighted by Gasteiger charge is -2.29. The Bertz CT molecular complexity index is 688. The van der Waals surface area contributed by atoms with Crippen molar-refractivity contribution in [3.05, 3.63) is 0 Å². The minimum absolute atomic E-state index is 0.128. The standard InChI is InChI=1S/C19H32N4O7S/c1-10(2)15(20)18(28)23-7-4-5-13(23)17(27)22-12(9-14(24)25)16(26)21-11(19(29)30)6-8-31-3/h10-13,15H,4-9,20H2,1-3H3,(H,21,26)(H,22,27)(H,24,25)(H,29,30). The van der Waals surface area contributed by atoms with Crippen LogP contribution in [0.15, 0.2) is 0 Å². The van der Waals surface area contributed by atoms with Crippen molar-refractivity contribution in [1.82, 2.24) is 15.5 Å². The molecule has 1 saturated heterocycles. The Morgan fingerprint density at radius 1 is 1.13 bits per heavy atom. The average Bonchev–Trinajstić information content (AvgIpc) is 3.18. The molecule has 1 aliphatic heterocycles. The number of thioether (sulfide) groups is 1. The van der Waals surface area contributed by atoms with Gasteiger partial charge in [0, 0.05) is 6.54 Å². The van der Waals surface area contributed by atoms with Crippen LogP contribution in [0.2, 0.25) is 0 Å². The van der Waals surface area contributed by atoms with Gasteiger partial charge in [-0.1, -0.05) is 13.8 Å². The van der Waals surface area contributed by atoms with Crippen molar-refractivity contribution < 1.29 is 34.2 Å². The fraction of sp³-hybridized carbons (Fsp3) is 0.737. The molecule has 0 saturated carbocycles. The number of amides is 3. The van der Waals surface area contributed by atoms with Gasteiger partial charge in [0.2, 0.25) is 17.7 Å². The number of carbonyl (C=O) groups excluding carboxylic acids is 3. The highest BCUT2D eigenvalue weighted by molar-refractivity contribution is 7.98. The number of nitrogens with zero attached hydrogens (tertiary/aromatic N) is 1. The summed E-state index contributed by atoms with van der Waals surface area (Å²) in [6.45, 7) is 3.91. The number of nitrogens with two attached hydrogens (primary N) is 1. The van der Waals surface area contributed by atoms with Crippen LogP contribution in [0.1, 0.15) is 39.5 Å². The molecule has 3 amide bonds. The molecule has 6 N–H and O–H groups in total. The average molecular weight is 461 g/mol. The first kappa shape index (κ1) is 26.7. The monoisotopic (exact) mass is 460 g/mol. The van der Waals surface area contributed by atoms with Crippen LogP contribution in [0.5, 0.6) is 0 Å². The molecule has 0 aliphatic carbocycles. The van der Waals surface area contributed by atoms with Gasteiger partial charge in [-0.3, -0.25) is 19.2 Å². The molecule has 11 nitrogen and oxygen atoms in total. The van der Waals surface area contributed by atoms with E-state index in [1.807, 2.05) is 0 Å². The van der Waals surface area contributed by atoms with Crippen LogP contribution in [0, 0.1) is 5.92 Å². The topological polar surface area (TPSA) is 179 Å². The summed E-state index contributed by atoms with van der Waals surface area (Å²) in [5.41, 5.74) is 5.92. The number of carboxylic acids is 2. The molecule has 0 aromatic carbocycles. The Balaban J connectivity index is 2.91. The van der Waals surface area contributed by atoms with Crippen LogP contribution in [-0.4, -0.2) is 87.5 Å². The highest BCUT2D eigenvalue weighted by Crippen LogP contribution is 2.20. The number of hydrogen-bond donors (Lipinski definition) is 5. The number of carbonyl (C=O) groups is 5. The first-order chi connectivity index (χ1) is 14.5. The van der Waals surface area contributed by atoms with Gasteiger partial charge >= 0.3 is 11.9 Å². The van der Waals surface area contributed by atoms with E-state index >= 15 is 0 Å².